The molecule has 486 valence electrons. The first-order valence-corrected chi connectivity index (χ1v) is 35.1. The van der Waals surface area contributed by atoms with Gasteiger partial charge in [-0.15, -0.1) is 0 Å². The molecule has 0 bridgehead atoms. The summed E-state index contributed by atoms with van der Waals surface area (Å²) >= 11 is 0. The van der Waals surface area contributed by atoms with Crippen molar-refractivity contribution in [2.75, 3.05) is 0 Å². The van der Waals surface area contributed by atoms with E-state index in [0.717, 1.165) is 106 Å². The van der Waals surface area contributed by atoms with Gasteiger partial charge in [-0.25, -0.2) is 19.8 Å². The molecule has 0 saturated heterocycles. The van der Waals surface area contributed by atoms with Crippen LogP contribution in [0.25, 0.3) is 155 Å². The minimum atomic E-state index is -0.157. The summed E-state index contributed by atoms with van der Waals surface area (Å²) in [6, 6.07) is 91.7. The number of benzene rings is 12. The second-order valence-electron chi connectivity index (χ2n) is 31.6. The van der Waals surface area contributed by atoms with Crippen LogP contribution in [0.2, 0.25) is 0 Å². The van der Waals surface area contributed by atoms with Crippen LogP contribution >= 0.6 is 0 Å². The van der Waals surface area contributed by atoms with Crippen molar-refractivity contribution < 1.29 is 0 Å². The normalized spacial score (nSPS) is 12.8. The molecule has 4 heterocycles. The van der Waals surface area contributed by atoms with Gasteiger partial charge in [-0.3, -0.25) is 0 Å². The van der Waals surface area contributed by atoms with Gasteiger partial charge in [0.25, 0.3) is 0 Å². The molecule has 0 N–H and O–H groups in total. The average Bonchev–Trinajstić information content (AvgIpc) is 1.54. The maximum atomic E-state index is 7.95. The average molecular weight is 1290 g/mol. The molecule has 1 aliphatic carbocycles. The minimum absolute atomic E-state index is 0.157. The van der Waals surface area contributed by atoms with E-state index in [0.29, 0.717) is 23.2 Å². The number of fused-ring (bicyclic) bond motifs is 14. The Labute approximate surface area is 585 Å². The van der Waals surface area contributed by atoms with Crippen molar-refractivity contribution in [3.8, 4) is 84.6 Å². The molecule has 0 amide bonds. The van der Waals surface area contributed by atoms with E-state index in [9.17, 15) is 0 Å². The molecule has 4 aromatic heterocycles. The Kier molecular flexibility index (Phi) is 14.2. The van der Waals surface area contributed by atoms with E-state index in [1.54, 1.807) is 0 Å². The fourth-order valence-corrected chi connectivity index (χ4v) is 15.5. The van der Waals surface area contributed by atoms with Gasteiger partial charge in [-0.2, -0.15) is 0 Å². The van der Waals surface area contributed by atoms with Crippen LogP contribution < -0.4 is 0 Å². The fraction of sp³-hybridized carbons (Fsp3) is 0.183. The van der Waals surface area contributed by atoms with E-state index in [1.807, 2.05) is 12.1 Å². The summed E-state index contributed by atoms with van der Waals surface area (Å²) in [5, 5.41) is 7.18. The van der Waals surface area contributed by atoms with E-state index in [2.05, 4.69) is 338 Å². The van der Waals surface area contributed by atoms with Gasteiger partial charge in [0.05, 0.1) is 51.0 Å². The molecule has 12 aromatic carbocycles. The summed E-state index contributed by atoms with van der Waals surface area (Å²) in [6.45, 7) is 35.4. The summed E-state index contributed by atoms with van der Waals surface area (Å²) < 4.78 is 7.49. The third kappa shape index (κ3) is 10.3. The molecule has 0 aliphatic heterocycles. The van der Waals surface area contributed by atoms with Gasteiger partial charge in [0.15, 0.2) is 23.2 Å². The molecular formula is C93H79N7. The first-order chi connectivity index (χ1) is 48.0. The fourth-order valence-electron chi connectivity index (χ4n) is 15.5. The SMILES string of the molecule is [C-]#[N+]c1ccc(-c2ccc(-c3cc(-c4nc(-c5cc(C(C)(C)C)cc(C(C)(C)C)c5)nc(-c5cc(C(C)(C)C)cc(C(C)(C)C)c5)n4)ccc3-n3c4ccccc4c4c5c(ccc43)-c3ccccc3C5)c(-n3c4ccccc4c4c3ccc3c5ccccc5n(-c5ccccc5)c34)c2)cc1. The number of para-hydroxylation sites is 4. The molecule has 1 aliphatic rings. The van der Waals surface area contributed by atoms with Gasteiger partial charge in [0.1, 0.15) is 0 Å². The van der Waals surface area contributed by atoms with Crippen molar-refractivity contribution in [2.45, 2.75) is 111 Å². The minimum Gasteiger partial charge on any atom is -0.309 e. The van der Waals surface area contributed by atoms with E-state index >= 15 is 0 Å². The van der Waals surface area contributed by atoms with Crippen LogP contribution in [-0.2, 0) is 28.1 Å². The topological polar surface area (TPSA) is 57.8 Å². The highest BCUT2D eigenvalue weighted by molar-refractivity contribution is 6.26. The molecule has 0 spiro atoms. The zero-order valence-corrected chi connectivity index (χ0v) is 59.0. The van der Waals surface area contributed by atoms with E-state index in [4.69, 9.17) is 21.5 Å². The quantitative estimate of drug-likeness (QED) is 0.142. The zero-order valence-electron chi connectivity index (χ0n) is 59.0. The van der Waals surface area contributed by atoms with Crippen LogP contribution in [0.4, 0.5) is 5.69 Å². The standard InChI is InChI=1S/C93H79N7/c1-90(2,3)62-47-60(48-63(54-62)91(4,5)6)88-95-87(96-89(97-88)61-49-64(92(7,8)9)55-65(50-61)93(10,11)12)59-38-44-80(99-78-33-23-20-30-73(78)84-76-51-58-25-17-18-28-68(58)69(76)42-45-81(84)99)75(52-59)71-41-37-57(56-35-39-66(94-13)40-36-56)53-83(71)100-79-34-24-21-31-74(79)85-82(100)46-43-72-70-29-19-22-32-77(70)98(86(72)85)67-26-15-14-16-27-67/h14-50,52-55H,51H2,1-12H3. The summed E-state index contributed by atoms with van der Waals surface area (Å²) in [6.07, 6.45) is 0.852. The monoisotopic (exact) mass is 1290 g/mol. The lowest BCUT2D eigenvalue weighted by molar-refractivity contribution is 0.568. The van der Waals surface area contributed by atoms with Crippen molar-refractivity contribution in [2.24, 2.45) is 0 Å². The molecule has 17 rings (SSSR count). The van der Waals surface area contributed by atoms with Crippen LogP contribution in [0.1, 0.15) is 116 Å². The van der Waals surface area contributed by atoms with Crippen LogP contribution in [0, 0.1) is 6.57 Å². The van der Waals surface area contributed by atoms with Crippen molar-refractivity contribution >= 4 is 71.1 Å². The van der Waals surface area contributed by atoms with Gasteiger partial charge >= 0.3 is 0 Å². The van der Waals surface area contributed by atoms with Crippen molar-refractivity contribution in [3.05, 3.63) is 294 Å². The Morgan fingerprint density at radius 3 is 1.38 bits per heavy atom. The molecular weight excluding hydrogens is 1220 g/mol. The van der Waals surface area contributed by atoms with E-state index in [-0.39, 0.29) is 21.7 Å². The first kappa shape index (κ1) is 62.1. The molecule has 7 nitrogen and oxygen atoms in total. The van der Waals surface area contributed by atoms with Crippen LogP contribution in [0.15, 0.2) is 249 Å². The maximum Gasteiger partial charge on any atom is 0.187 e. The van der Waals surface area contributed by atoms with Gasteiger partial charge < -0.3 is 13.7 Å². The molecule has 16 aromatic rings. The Morgan fingerprint density at radius 2 is 0.790 bits per heavy atom. The summed E-state index contributed by atoms with van der Waals surface area (Å²) in [7, 11) is 0. The Balaban J connectivity index is 1.00. The molecule has 0 fully saturated rings. The number of hydrogen-bond acceptors (Lipinski definition) is 3. The highest BCUT2D eigenvalue weighted by Gasteiger charge is 2.31. The predicted octanol–water partition coefficient (Wildman–Crippen LogP) is 24.8. The molecule has 0 unspecified atom stereocenters. The van der Waals surface area contributed by atoms with Crippen molar-refractivity contribution in [3.63, 3.8) is 0 Å². The number of nitrogens with zero attached hydrogens (tertiary/aromatic N) is 7. The molecule has 0 saturated carbocycles. The highest BCUT2D eigenvalue weighted by atomic mass is 15.0. The van der Waals surface area contributed by atoms with Gasteiger partial charge in [-0.1, -0.05) is 241 Å². The predicted molar refractivity (Wildman–Crippen MR) is 419 cm³/mol. The largest absolute Gasteiger partial charge is 0.309 e. The first-order valence-electron chi connectivity index (χ1n) is 35.1. The number of hydrogen-bond donors (Lipinski definition) is 0. The number of rotatable bonds is 8. The molecule has 0 atom stereocenters. The Morgan fingerprint density at radius 1 is 0.320 bits per heavy atom. The third-order valence-electron chi connectivity index (χ3n) is 20.9. The summed E-state index contributed by atoms with van der Waals surface area (Å²) in [5.41, 5.74) is 26.8. The maximum absolute atomic E-state index is 7.95. The second kappa shape index (κ2) is 22.8. The van der Waals surface area contributed by atoms with E-state index in [1.165, 1.54) is 66.1 Å². The lowest BCUT2D eigenvalue weighted by Crippen LogP contribution is -2.17. The summed E-state index contributed by atoms with van der Waals surface area (Å²) in [5.74, 6) is 1.82. The van der Waals surface area contributed by atoms with Gasteiger partial charge in [0, 0.05) is 65.8 Å². The van der Waals surface area contributed by atoms with Gasteiger partial charge in [-0.05, 0) is 175 Å². The van der Waals surface area contributed by atoms with Crippen molar-refractivity contribution in [1.82, 2.24) is 28.7 Å². The third-order valence-corrected chi connectivity index (χ3v) is 20.9. The number of aromatic nitrogens is 6. The van der Waals surface area contributed by atoms with Crippen LogP contribution in [-0.4, -0.2) is 28.7 Å². The summed E-state index contributed by atoms with van der Waals surface area (Å²) in [4.78, 5) is 20.9. The van der Waals surface area contributed by atoms with Crippen LogP contribution in [0.3, 0.4) is 0 Å². The van der Waals surface area contributed by atoms with E-state index < -0.39 is 0 Å². The zero-order chi connectivity index (χ0) is 68.9. The lowest BCUT2D eigenvalue weighted by Gasteiger charge is -2.26. The Hall–Kier alpha value is -11.5. The molecule has 100 heavy (non-hydrogen) atoms. The Bertz CT molecular complexity index is 5940. The smallest absolute Gasteiger partial charge is 0.187 e. The second-order valence-corrected chi connectivity index (χ2v) is 31.6. The van der Waals surface area contributed by atoms with Crippen LogP contribution in [0.5, 0.6) is 0 Å². The highest BCUT2D eigenvalue weighted by Crippen LogP contribution is 2.50. The lowest BCUT2D eigenvalue weighted by atomic mass is 9.79. The molecule has 7 heteroatoms. The van der Waals surface area contributed by atoms with Gasteiger partial charge in [0.2, 0.25) is 0 Å². The van der Waals surface area contributed by atoms with Crippen molar-refractivity contribution in [1.29, 1.82) is 0 Å². The molecule has 0 radical (unpaired) electrons.